The molecule has 0 radical (unpaired) electrons. The molecule has 104 valence electrons. The molecule has 1 N–H and O–H groups in total. The number of hydrogen-bond donors (Lipinski definition) is 1. The summed E-state index contributed by atoms with van der Waals surface area (Å²) in [6.45, 7) is 1.19. The van der Waals surface area contributed by atoms with Gasteiger partial charge in [-0.1, -0.05) is 24.3 Å². The molecule has 0 saturated heterocycles. The fourth-order valence-electron chi connectivity index (χ4n) is 2.44. The van der Waals surface area contributed by atoms with Crippen molar-refractivity contribution < 1.29 is 24.2 Å². The number of ketones is 2. The van der Waals surface area contributed by atoms with E-state index in [1.54, 1.807) is 0 Å². The number of aromatic hydroxyl groups is 1. The summed E-state index contributed by atoms with van der Waals surface area (Å²) in [5.41, 5.74) is 0.446. The number of esters is 1. The van der Waals surface area contributed by atoms with Crippen LogP contribution in [0, 0.1) is 0 Å². The quantitative estimate of drug-likeness (QED) is 0.796. The predicted octanol–water partition coefficient (Wildman–Crippen LogP) is 1.93. The van der Waals surface area contributed by atoms with E-state index in [2.05, 4.69) is 0 Å². The number of allylic oxidation sites excluding steroid dienone is 5. The highest BCUT2D eigenvalue weighted by Crippen LogP contribution is 2.41. The van der Waals surface area contributed by atoms with Crippen molar-refractivity contribution >= 4 is 23.3 Å². The lowest BCUT2D eigenvalue weighted by Crippen LogP contribution is -2.23. The average Bonchev–Trinajstić information content (AvgIpc) is 2.43. The van der Waals surface area contributed by atoms with Crippen molar-refractivity contribution in [2.45, 2.75) is 6.92 Å². The first-order chi connectivity index (χ1) is 10.0. The van der Waals surface area contributed by atoms with Crippen molar-refractivity contribution in [1.29, 1.82) is 0 Å². The van der Waals surface area contributed by atoms with Crippen LogP contribution < -0.4 is 0 Å². The van der Waals surface area contributed by atoms with Gasteiger partial charge in [0, 0.05) is 18.1 Å². The van der Waals surface area contributed by atoms with Crippen molar-refractivity contribution in [3.8, 4) is 5.75 Å². The number of phenolic OH excluding ortho intramolecular Hbond substituents is 1. The van der Waals surface area contributed by atoms with Crippen LogP contribution in [0.4, 0.5) is 0 Å². The van der Waals surface area contributed by atoms with Gasteiger partial charge in [-0.25, -0.2) is 0 Å². The fraction of sp³-hybridized carbons (Fsp3) is 0.0625. The van der Waals surface area contributed by atoms with Crippen LogP contribution in [0.5, 0.6) is 5.75 Å². The number of ether oxygens (including phenoxy) is 1. The van der Waals surface area contributed by atoms with Crippen LogP contribution in [0.1, 0.15) is 22.8 Å². The molecule has 3 rings (SSSR count). The lowest BCUT2D eigenvalue weighted by atomic mass is 9.81. The summed E-state index contributed by atoms with van der Waals surface area (Å²) in [6, 6.07) is 4.40. The van der Waals surface area contributed by atoms with E-state index in [1.165, 1.54) is 43.4 Å². The number of phenols is 1. The molecule has 0 saturated carbocycles. The van der Waals surface area contributed by atoms with Gasteiger partial charge in [0.05, 0.1) is 11.1 Å². The van der Waals surface area contributed by atoms with Gasteiger partial charge in [0.1, 0.15) is 5.75 Å². The highest BCUT2D eigenvalue weighted by atomic mass is 16.5. The minimum absolute atomic E-state index is 0.00620. The van der Waals surface area contributed by atoms with Crippen molar-refractivity contribution in [3.63, 3.8) is 0 Å². The molecule has 0 amide bonds. The molecule has 0 atom stereocenters. The Kier molecular flexibility index (Phi) is 2.83. The Morgan fingerprint density at radius 2 is 2.00 bits per heavy atom. The zero-order valence-corrected chi connectivity index (χ0v) is 11.0. The first kappa shape index (κ1) is 13.1. The number of hydrogen-bond acceptors (Lipinski definition) is 5. The SMILES string of the molecule is CC(=O)OC1=C2C(=O)C=CC=C2C(=O)c2cccc(O)c21. The number of carbonyl (C=O) groups excluding carboxylic acids is 3. The van der Waals surface area contributed by atoms with E-state index in [4.69, 9.17) is 4.74 Å². The Labute approximate surface area is 119 Å². The number of carbonyl (C=O) groups is 3. The normalized spacial score (nSPS) is 16.3. The summed E-state index contributed by atoms with van der Waals surface area (Å²) in [5, 5.41) is 10.0. The summed E-state index contributed by atoms with van der Waals surface area (Å²) in [6.07, 6.45) is 4.24. The van der Waals surface area contributed by atoms with Crippen molar-refractivity contribution in [2.24, 2.45) is 0 Å². The minimum Gasteiger partial charge on any atom is -0.507 e. The maximum Gasteiger partial charge on any atom is 0.308 e. The highest BCUT2D eigenvalue weighted by molar-refractivity contribution is 6.29. The van der Waals surface area contributed by atoms with Crippen LogP contribution in [-0.2, 0) is 14.3 Å². The zero-order valence-electron chi connectivity index (χ0n) is 11.0. The van der Waals surface area contributed by atoms with Crippen LogP contribution >= 0.6 is 0 Å². The number of rotatable bonds is 1. The molecule has 0 heterocycles. The van der Waals surface area contributed by atoms with Crippen LogP contribution in [0.3, 0.4) is 0 Å². The highest BCUT2D eigenvalue weighted by Gasteiger charge is 2.36. The summed E-state index contributed by atoms with van der Waals surface area (Å²) in [4.78, 5) is 35.8. The standard InChI is InChI=1S/C16H10O5/c1-8(17)21-16-13-9(4-2-6-11(13)18)15(20)10-5-3-7-12(19)14(10)16/h2-7,18H,1H3. The van der Waals surface area contributed by atoms with Gasteiger partial charge >= 0.3 is 5.97 Å². The summed E-state index contributed by atoms with van der Waals surface area (Å²) < 4.78 is 5.12. The molecule has 5 heteroatoms. The van der Waals surface area contributed by atoms with Gasteiger partial charge in [0.2, 0.25) is 0 Å². The fourth-order valence-corrected chi connectivity index (χ4v) is 2.44. The first-order valence-electron chi connectivity index (χ1n) is 6.23. The lowest BCUT2D eigenvalue weighted by molar-refractivity contribution is -0.134. The monoisotopic (exact) mass is 282 g/mol. The third-order valence-corrected chi connectivity index (χ3v) is 3.26. The molecule has 0 aliphatic heterocycles. The van der Waals surface area contributed by atoms with E-state index in [0.717, 1.165) is 0 Å². The van der Waals surface area contributed by atoms with Crippen LogP contribution in [0.2, 0.25) is 0 Å². The molecule has 0 aromatic heterocycles. The Balaban J connectivity index is 2.38. The second kappa shape index (κ2) is 4.56. The van der Waals surface area contributed by atoms with Gasteiger partial charge in [0.25, 0.3) is 0 Å². The second-order valence-corrected chi connectivity index (χ2v) is 4.63. The summed E-state index contributed by atoms with van der Waals surface area (Å²) >= 11 is 0. The van der Waals surface area contributed by atoms with Gasteiger partial charge in [-0.3, -0.25) is 14.4 Å². The molecule has 21 heavy (non-hydrogen) atoms. The van der Waals surface area contributed by atoms with E-state index in [-0.39, 0.29) is 39.6 Å². The largest absolute Gasteiger partial charge is 0.507 e. The molecule has 0 unspecified atom stereocenters. The van der Waals surface area contributed by atoms with Crippen LogP contribution in [-0.4, -0.2) is 22.6 Å². The Bertz CT molecular complexity index is 793. The molecule has 2 aliphatic rings. The van der Waals surface area contributed by atoms with Gasteiger partial charge in [-0.2, -0.15) is 0 Å². The molecule has 0 fully saturated rings. The maximum atomic E-state index is 12.4. The molecule has 0 bridgehead atoms. The number of benzene rings is 1. The summed E-state index contributed by atoms with van der Waals surface area (Å²) in [5.74, 6) is -1.75. The van der Waals surface area contributed by atoms with Crippen molar-refractivity contribution in [3.05, 3.63) is 58.7 Å². The van der Waals surface area contributed by atoms with Gasteiger partial charge < -0.3 is 9.84 Å². The molecule has 0 spiro atoms. The Hall–Kier alpha value is -2.95. The molecule has 2 aliphatic carbocycles. The molecule has 5 nitrogen and oxygen atoms in total. The van der Waals surface area contributed by atoms with E-state index in [0.29, 0.717) is 0 Å². The van der Waals surface area contributed by atoms with E-state index in [9.17, 15) is 19.5 Å². The molecule has 1 aromatic rings. The van der Waals surface area contributed by atoms with Crippen LogP contribution in [0.25, 0.3) is 5.76 Å². The number of Topliss-reactive ketones (excluding diaryl/α,β-unsaturated/α-hetero) is 1. The van der Waals surface area contributed by atoms with Crippen molar-refractivity contribution in [2.75, 3.05) is 0 Å². The van der Waals surface area contributed by atoms with E-state index < -0.39 is 11.8 Å². The van der Waals surface area contributed by atoms with Gasteiger partial charge in [-0.05, 0) is 12.1 Å². The maximum absolute atomic E-state index is 12.4. The molecular weight excluding hydrogens is 272 g/mol. The third kappa shape index (κ3) is 1.90. The van der Waals surface area contributed by atoms with Crippen molar-refractivity contribution in [1.82, 2.24) is 0 Å². The zero-order chi connectivity index (χ0) is 15.1. The third-order valence-electron chi connectivity index (χ3n) is 3.26. The molecular formula is C16H10O5. The average molecular weight is 282 g/mol. The molecule has 1 aromatic carbocycles. The van der Waals surface area contributed by atoms with E-state index in [1.807, 2.05) is 0 Å². The van der Waals surface area contributed by atoms with Crippen LogP contribution in [0.15, 0.2) is 47.6 Å². The Morgan fingerprint density at radius 3 is 2.71 bits per heavy atom. The predicted molar refractivity (Wildman–Crippen MR) is 73.4 cm³/mol. The summed E-state index contributed by atoms with van der Waals surface area (Å²) in [7, 11) is 0. The first-order valence-corrected chi connectivity index (χ1v) is 6.23. The lowest BCUT2D eigenvalue weighted by Gasteiger charge is -2.24. The number of fused-ring (bicyclic) bond motifs is 2. The minimum atomic E-state index is -0.636. The van der Waals surface area contributed by atoms with Gasteiger partial charge in [-0.15, -0.1) is 0 Å². The Morgan fingerprint density at radius 1 is 1.24 bits per heavy atom. The topological polar surface area (TPSA) is 80.7 Å². The van der Waals surface area contributed by atoms with E-state index >= 15 is 0 Å². The second-order valence-electron chi connectivity index (χ2n) is 4.63. The smallest absolute Gasteiger partial charge is 0.308 e. The van der Waals surface area contributed by atoms with Gasteiger partial charge in [0.15, 0.2) is 17.3 Å².